The second-order valence-corrected chi connectivity index (χ2v) is 7.80. The number of aromatic nitrogens is 2. The summed E-state index contributed by atoms with van der Waals surface area (Å²) in [6, 6.07) is 11.8. The molecule has 0 spiro atoms. The molecule has 3 rings (SSSR count). The van der Waals surface area contributed by atoms with Crippen molar-refractivity contribution in [1.82, 2.24) is 25.9 Å². The van der Waals surface area contributed by atoms with Gasteiger partial charge >= 0.3 is 0 Å². The quantitative estimate of drug-likeness (QED) is 0.528. The summed E-state index contributed by atoms with van der Waals surface area (Å²) in [6.07, 6.45) is 0. The number of nitrogens with one attached hydrogen (secondary N) is 3. The van der Waals surface area contributed by atoms with Gasteiger partial charge in [-0.3, -0.25) is 30.0 Å². The predicted molar refractivity (Wildman–Crippen MR) is 120 cm³/mol. The molecular formula is C23H25N5O4. The normalized spacial score (nSPS) is 10.8. The van der Waals surface area contributed by atoms with Gasteiger partial charge in [0.05, 0.1) is 18.0 Å². The van der Waals surface area contributed by atoms with E-state index in [0.717, 1.165) is 11.1 Å². The highest BCUT2D eigenvalue weighted by atomic mass is 16.2. The monoisotopic (exact) mass is 435 g/mol. The van der Waals surface area contributed by atoms with E-state index in [-0.39, 0.29) is 23.8 Å². The lowest BCUT2D eigenvalue weighted by Crippen LogP contribution is -2.47. The number of fused-ring (bicyclic) bond motifs is 1. The third-order valence-electron chi connectivity index (χ3n) is 4.74. The number of hydrazine groups is 1. The van der Waals surface area contributed by atoms with Crippen LogP contribution >= 0.6 is 0 Å². The van der Waals surface area contributed by atoms with Crippen LogP contribution in [0.25, 0.3) is 10.8 Å². The number of carbonyl (C=O) groups is 3. The van der Waals surface area contributed by atoms with Crippen molar-refractivity contribution in [3.05, 3.63) is 75.2 Å². The van der Waals surface area contributed by atoms with Crippen molar-refractivity contribution in [2.45, 2.75) is 33.7 Å². The number of amides is 3. The van der Waals surface area contributed by atoms with Gasteiger partial charge in [0.15, 0.2) is 5.69 Å². The first kappa shape index (κ1) is 22.7. The summed E-state index contributed by atoms with van der Waals surface area (Å²) in [6.45, 7) is 7.00. The molecule has 0 saturated carbocycles. The van der Waals surface area contributed by atoms with Crippen LogP contribution in [0.5, 0.6) is 0 Å². The van der Waals surface area contributed by atoms with Gasteiger partial charge in [-0.1, -0.05) is 35.4 Å². The van der Waals surface area contributed by atoms with Crippen LogP contribution in [0.4, 0.5) is 0 Å². The molecule has 0 aliphatic rings. The number of rotatable bonds is 5. The lowest BCUT2D eigenvalue weighted by molar-refractivity contribution is -0.120. The van der Waals surface area contributed by atoms with E-state index in [1.807, 2.05) is 19.9 Å². The number of hydrogen-bond acceptors (Lipinski definition) is 5. The predicted octanol–water partition coefficient (Wildman–Crippen LogP) is 1.79. The molecule has 3 aromatic rings. The smallest absolute Gasteiger partial charge is 0.290 e. The minimum Gasteiger partial charge on any atom is -0.343 e. The average molecular weight is 435 g/mol. The van der Waals surface area contributed by atoms with Crippen molar-refractivity contribution >= 4 is 28.5 Å². The topological polar surface area (TPSA) is 122 Å². The van der Waals surface area contributed by atoms with E-state index in [0.29, 0.717) is 16.3 Å². The average Bonchev–Trinajstić information content (AvgIpc) is 2.75. The number of aryl methyl sites for hydroxylation is 2. The fraction of sp³-hybridized carbons (Fsp3) is 0.261. The third kappa shape index (κ3) is 5.00. The summed E-state index contributed by atoms with van der Waals surface area (Å²) in [5.41, 5.74) is 6.58. The molecule has 9 heteroatoms. The first-order chi connectivity index (χ1) is 15.2. The molecule has 1 aromatic heterocycles. The van der Waals surface area contributed by atoms with E-state index < -0.39 is 17.7 Å². The molecule has 9 nitrogen and oxygen atoms in total. The second kappa shape index (κ2) is 9.42. The molecule has 0 unspecified atom stereocenters. The Hall–Kier alpha value is -4.01. The Morgan fingerprint density at radius 1 is 0.938 bits per heavy atom. The number of nitrogens with zero attached hydrogens (tertiary/aromatic N) is 2. The zero-order valence-electron chi connectivity index (χ0n) is 18.4. The van der Waals surface area contributed by atoms with Crippen molar-refractivity contribution in [2.75, 3.05) is 6.54 Å². The van der Waals surface area contributed by atoms with Crippen molar-refractivity contribution in [3.8, 4) is 0 Å². The fourth-order valence-electron chi connectivity index (χ4n) is 3.32. The lowest BCUT2D eigenvalue weighted by atomic mass is 10.1. The standard InChI is InChI=1S/C23H25N5O4/c1-13(2)28-23(32)18-8-6-5-7-17(18)20(27-28)22(31)26-25-19(29)12-24-21(30)16-10-14(3)9-15(4)11-16/h5-11,13H,12H2,1-4H3,(H,24,30)(H,25,29)(H,26,31). The van der Waals surface area contributed by atoms with Gasteiger partial charge in [-0.15, -0.1) is 0 Å². The Bertz CT molecular complexity index is 1240. The molecule has 0 aliphatic carbocycles. The van der Waals surface area contributed by atoms with Crippen LogP contribution in [0.3, 0.4) is 0 Å². The maximum atomic E-state index is 12.7. The highest BCUT2D eigenvalue weighted by Gasteiger charge is 2.18. The molecule has 0 bridgehead atoms. The highest BCUT2D eigenvalue weighted by molar-refractivity contribution is 6.05. The lowest BCUT2D eigenvalue weighted by Gasteiger charge is -2.14. The molecule has 3 N–H and O–H groups in total. The summed E-state index contributed by atoms with van der Waals surface area (Å²) in [5.74, 6) is -1.68. The van der Waals surface area contributed by atoms with E-state index in [9.17, 15) is 19.2 Å². The highest BCUT2D eigenvalue weighted by Crippen LogP contribution is 2.14. The molecule has 3 amide bonds. The SMILES string of the molecule is Cc1cc(C)cc(C(=O)NCC(=O)NNC(=O)c2nn(C(C)C)c(=O)c3ccccc23)c1. The third-order valence-corrected chi connectivity index (χ3v) is 4.74. The van der Waals surface area contributed by atoms with E-state index in [4.69, 9.17) is 0 Å². The van der Waals surface area contributed by atoms with Crippen LogP contribution in [0, 0.1) is 13.8 Å². The van der Waals surface area contributed by atoms with Crippen LogP contribution in [0.15, 0.2) is 47.3 Å². The minimum atomic E-state index is -0.676. The fourth-order valence-corrected chi connectivity index (χ4v) is 3.32. The second-order valence-electron chi connectivity index (χ2n) is 7.80. The largest absolute Gasteiger partial charge is 0.343 e. The maximum Gasteiger partial charge on any atom is 0.290 e. The number of carbonyl (C=O) groups excluding carboxylic acids is 3. The van der Waals surface area contributed by atoms with Crippen LogP contribution in [0.1, 0.15) is 51.9 Å². The van der Waals surface area contributed by atoms with Crippen molar-refractivity contribution in [1.29, 1.82) is 0 Å². The molecule has 1 heterocycles. The number of hydrogen-bond donors (Lipinski definition) is 3. The van der Waals surface area contributed by atoms with E-state index in [1.165, 1.54) is 4.68 Å². The van der Waals surface area contributed by atoms with Crippen molar-refractivity contribution < 1.29 is 14.4 Å². The summed E-state index contributed by atoms with van der Waals surface area (Å²) < 4.78 is 1.23. The molecule has 2 aromatic carbocycles. The van der Waals surface area contributed by atoms with Crippen LogP contribution < -0.4 is 21.7 Å². The van der Waals surface area contributed by atoms with Crippen LogP contribution in [-0.2, 0) is 4.79 Å². The van der Waals surface area contributed by atoms with Gasteiger partial charge in [0.1, 0.15) is 0 Å². The van der Waals surface area contributed by atoms with E-state index in [1.54, 1.807) is 50.2 Å². The molecular weight excluding hydrogens is 410 g/mol. The molecule has 32 heavy (non-hydrogen) atoms. The van der Waals surface area contributed by atoms with Gasteiger partial charge in [0.25, 0.3) is 23.3 Å². The summed E-state index contributed by atoms with van der Waals surface area (Å²) in [7, 11) is 0. The Balaban J connectivity index is 1.67. The van der Waals surface area contributed by atoms with Crippen LogP contribution in [-0.4, -0.2) is 34.0 Å². The molecule has 0 radical (unpaired) electrons. The Labute approximate surface area is 184 Å². The first-order valence-electron chi connectivity index (χ1n) is 10.1. The molecule has 0 atom stereocenters. The Morgan fingerprint density at radius 3 is 2.19 bits per heavy atom. The molecule has 0 fully saturated rings. The number of benzene rings is 2. The van der Waals surface area contributed by atoms with Gasteiger partial charge in [-0.2, -0.15) is 5.10 Å². The molecule has 166 valence electrons. The zero-order chi connectivity index (χ0) is 23.4. The van der Waals surface area contributed by atoms with Crippen molar-refractivity contribution in [2.24, 2.45) is 0 Å². The zero-order valence-corrected chi connectivity index (χ0v) is 18.4. The van der Waals surface area contributed by atoms with Crippen molar-refractivity contribution in [3.63, 3.8) is 0 Å². The first-order valence-corrected chi connectivity index (χ1v) is 10.1. The van der Waals surface area contributed by atoms with Gasteiger partial charge in [0.2, 0.25) is 0 Å². The van der Waals surface area contributed by atoms with Gasteiger partial charge in [-0.25, -0.2) is 4.68 Å². The van der Waals surface area contributed by atoms with E-state index in [2.05, 4.69) is 21.3 Å². The molecule has 0 aliphatic heterocycles. The van der Waals surface area contributed by atoms with Gasteiger partial charge in [0, 0.05) is 10.9 Å². The van der Waals surface area contributed by atoms with E-state index >= 15 is 0 Å². The minimum absolute atomic E-state index is 0.00784. The summed E-state index contributed by atoms with van der Waals surface area (Å²) in [5, 5.41) is 7.43. The van der Waals surface area contributed by atoms with Gasteiger partial charge in [-0.05, 0) is 45.9 Å². The Morgan fingerprint density at radius 2 is 1.56 bits per heavy atom. The Kier molecular flexibility index (Phi) is 6.67. The summed E-state index contributed by atoms with van der Waals surface area (Å²) >= 11 is 0. The maximum absolute atomic E-state index is 12.7. The van der Waals surface area contributed by atoms with Crippen LogP contribution in [0.2, 0.25) is 0 Å². The van der Waals surface area contributed by atoms with Gasteiger partial charge < -0.3 is 5.32 Å². The summed E-state index contributed by atoms with van der Waals surface area (Å²) in [4.78, 5) is 49.7. The molecule has 0 saturated heterocycles.